The van der Waals surface area contributed by atoms with Crippen molar-refractivity contribution in [3.63, 3.8) is 0 Å². The molecule has 1 aromatic heterocycles. The van der Waals surface area contributed by atoms with Gasteiger partial charge in [0.05, 0.1) is 12.1 Å². The Morgan fingerprint density at radius 1 is 1.56 bits per heavy atom. The highest BCUT2D eigenvalue weighted by Crippen LogP contribution is 2.24. The maximum absolute atomic E-state index is 10.8. The third kappa shape index (κ3) is 2.86. The van der Waals surface area contributed by atoms with Crippen molar-refractivity contribution in [3.8, 4) is 0 Å². The average Bonchev–Trinajstić information content (AvgIpc) is 2.73. The van der Waals surface area contributed by atoms with E-state index < -0.39 is 5.97 Å². The Morgan fingerprint density at radius 3 is 2.89 bits per heavy atom. The molecule has 0 saturated carbocycles. The zero-order chi connectivity index (χ0) is 13.1. The lowest BCUT2D eigenvalue weighted by Gasteiger charge is -2.06. The quantitative estimate of drug-likeness (QED) is 0.901. The highest BCUT2D eigenvalue weighted by Gasteiger charge is 2.07. The van der Waals surface area contributed by atoms with Gasteiger partial charge < -0.3 is 14.9 Å². The number of nitrogens with zero attached hydrogens (tertiary/aromatic N) is 2. The van der Waals surface area contributed by atoms with E-state index >= 15 is 0 Å². The highest BCUT2D eigenvalue weighted by atomic mass is 79.9. The number of carbonyl (C=O) groups is 1. The van der Waals surface area contributed by atoms with Crippen LogP contribution in [-0.4, -0.2) is 21.2 Å². The summed E-state index contributed by atoms with van der Waals surface area (Å²) in [7, 11) is 0. The molecule has 1 aromatic carbocycles. The minimum Gasteiger partial charge on any atom is -0.478 e. The third-order valence-corrected chi connectivity index (χ3v) is 2.88. The number of nitrogens with one attached hydrogen (secondary N) is 1. The largest absolute Gasteiger partial charge is 0.478 e. The maximum Gasteiger partial charge on any atom is 0.335 e. The molecule has 0 aliphatic carbocycles. The number of anilines is 1. The fourth-order valence-electron chi connectivity index (χ4n) is 1.38. The lowest BCUT2D eigenvalue weighted by atomic mass is 10.2. The Labute approximate surface area is 111 Å². The summed E-state index contributed by atoms with van der Waals surface area (Å²) in [5.41, 5.74) is 0.991. The number of carboxylic acids is 1. The molecule has 6 nitrogen and oxygen atoms in total. The molecule has 18 heavy (non-hydrogen) atoms. The van der Waals surface area contributed by atoms with Gasteiger partial charge in [-0.25, -0.2) is 4.79 Å². The number of carboxylic acid groups (broad SMARTS) is 1. The van der Waals surface area contributed by atoms with Crippen LogP contribution in [0, 0.1) is 6.92 Å². The average molecular weight is 312 g/mol. The first kappa shape index (κ1) is 12.6. The van der Waals surface area contributed by atoms with Crippen LogP contribution < -0.4 is 5.32 Å². The number of aryl methyl sites for hydroxylation is 1. The molecule has 2 rings (SSSR count). The number of benzene rings is 1. The van der Waals surface area contributed by atoms with Crippen molar-refractivity contribution in [3.05, 3.63) is 40.0 Å². The molecule has 0 aliphatic rings. The van der Waals surface area contributed by atoms with E-state index in [0.29, 0.717) is 22.7 Å². The minimum atomic E-state index is -0.962. The van der Waals surface area contributed by atoms with E-state index in [0.717, 1.165) is 5.69 Å². The first-order chi connectivity index (χ1) is 8.56. The van der Waals surface area contributed by atoms with Crippen molar-refractivity contribution in [2.75, 3.05) is 5.32 Å². The lowest BCUT2D eigenvalue weighted by molar-refractivity contribution is 0.0697. The number of aromatic carboxylic acids is 1. The first-order valence-corrected chi connectivity index (χ1v) is 5.91. The zero-order valence-electron chi connectivity index (χ0n) is 9.48. The first-order valence-electron chi connectivity index (χ1n) is 5.12. The summed E-state index contributed by atoms with van der Waals surface area (Å²) in [5, 5.41) is 15.7. The van der Waals surface area contributed by atoms with E-state index in [2.05, 4.69) is 31.4 Å². The van der Waals surface area contributed by atoms with Crippen LogP contribution in [0.1, 0.15) is 22.1 Å². The minimum absolute atomic E-state index is 0.225. The van der Waals surface area contributed by atoms with Gasteiger partial charge in [0.2, 0.25) is 5.89 Å². The summed E-state index contributed by atoms with van der Waals surface area (Å²) in [6.07, 6.45) is 0. The number of halogens is 1. The van der Waals surface area contributed by atoms with Crippen molar-refractivity contribution >= 4 is 27.6 Å². The Bertz CT molecular complexity index is 583. The predicted molar refractivity (Wildman–Crippen MR) is 67.5 cm³/mol. The molecule has 0 radical (unpaired) electrons. The van der Waals surface area contributed by atoms with Gasteiger partial charge in [-0.1, -0.05) is 5.16 Å². The topological polar surface area (TPSA) is 88.2 Å². The second-order valence-corrected chi connectivity index (χ2v) is 4.44. The van der Waals surface area contributed by atoms with Crippen LogP contribution in [0.15, 0.2) is 27.2 Å². The molecule has 0 unspecified atom stereocenters. The molecule has 0 saturated heterocycles. The number of hydrogen-bond donors (Lipinski definition) is 2. The molecule has 0 spiro atoms. The van der Waals surface area contributed by atoms with Gasteiger partial charge in [-0.15, -0.1) is 0 Å². The van der Waals surface area contributed by atoms with E-state index in [-0.39, 0.29) is 5.56 Å². The lowest BCUT2D eigenvalue weighted by Crippen LogP contribution is -2.03. The van der Waals surface area contributed by atoms with Crippen molar-refractivity contribution in [1.82, 2.24) is 10.1 Å². The predicted octanol–water partition coefficient (Wildman–Crippen LogP) is 2.45. The number of hydrogen-bond acceptors (Lipinski definition) is 5. The van der Waals surface area contributed by atoms with Crippen molar-refractivity contribution in [2.45, 2.75) is 13.5 Å². The van der Waals surface area contributed by atoms with Crippen LogP contribution in [0.3, 0.4) is 0 Å². The van der Waals surface area contributed by atoms with Gasteiger partial charge >= 0.3 is 5.97 Å². The van der Waals surface area contributed by atoms with Gasteiger partial charge in [0.1, 0.15) is 0 Å². The smallest absolute Gasteiger partial charge is 0.335 e. The molecular weight excluding hydrogens is 302 g/mol. The standard InChI is InChI=1S/C11H10BrN3O3/c1-6-14-10(15-18-6)5-13-9-3-2-7(11(16)17)4-8(9)12/h2-4,13H,5H2,1H3,(H,16,17). The summed E-state index contributed by atoms with van der Waals surface area (Å²) in [6, 6.07) is 4.74. The second kappa shape index (κ2) is 5.18. The summed E-state index contributed by atoms with van der Waals surface area (Å²) >= 11 is 3.30. The van der Waals surface area contributed by atoms with Crippen LogP contribution in [0.2, 0.25) is 0 Å². The van der Waals surface area contributed by atoms with Crippen LogP contribution >= 0.6 is 15.9 Å². The number of rotatable bonds is 4. The fraction of sp³-hybridized carbons (Fsp3) is 0.182. The molecule has 7 heteroatoms. The zero-order valence-corrected chi connectivity index (χ0v) is 11.1. The van der Waals surface area contributed by atoms with Crippen LogP contribution in [0.4, 0.5) is 5.69 Å². The monoisotopic (exact) mass is 311 g/mol. The molecule has 94 valence electrons. The van der Waals surface area contributed by atoms with E-state index in [4.69, 9.17) is 9.63 Å². The molecular formula is C11H10BrN3O3. The molecule has 2 aromatic rings. The molecule has 0 amide bonds. The Morgan fingerprint density at radius 2 is 2.33 bits per heavy atom. The normalized spacial score (nSPS) is 10.3. The molecule has 1 heterocycles. The molecule has 0 bridgehead atoms. The van der Waals surface area contributed by atoms with E-state index in [9.17, 15) is 4.79 Å². The van der Waals surface area contributed by atoms with Gasteiger partial charge in [0, 0.05) is 17.1 Å². The summed E-state index contributed by atoms with van der Waals surface area (Å²) in [5.74, 6) is 0.0878. The van der Waals surface area contributed by atoms with Gasteiger partial charge in [-0.3, -0.25) is 0 Å². The number of aromatic nitrogens is 2. The molecule has 2 N–H and O–H groups in total. The van der Waals surface area contributed by atoms with Gasteiger partial charge in [0.25, 0.3) is 0 Å². The second-order valence-electron chi connectivity index (χ2n) is 3.58. The Hall–Kier alpha value is -1.89. The van der Waals surface area contributed by atoms with E-state index in [1.807, 2.05) is 0 Å². The Balaban J connectivity index is 2.08. The van der Waals surface area contributed by atoms with Crippen molar-refractivity contribution in [2.24, 2.45) is 0 Å². The fourth-order valence-corrected chi connectivity index (χ4v) is 1.90. The third-order valence-electron chi connectivity index (χ3n) is 2.22. The molecule has 0 atom stereocenters. The summed E-state index contributed by atoms with van der Waals surface area (Å²) < 4.78 is 5.51. The van der Waals surface area contributed by atoms with E-state index in [1.54, 1.807) is 13.0 Å². The van der Waals surface area contributed by atoms with Gasteiger partial charge in [-0.05, 0) is 34.1 Å². The van der Waals surface area contributed by atoms with Crippen molar-refractivity contribution < 1.29 is 14.4 Å². The summed E-state index contributed by atoms with van der Waals surface area (Å²) in [6.45, 7) is 2.12. The molecule has 0 fully saturated rings. The Kier molecular flexibility index (Phi) is 3.61. The van der Waals surface area contributed by atoms with Crippen LogP contribution in [0.5, 0.6) is 0 Å². The van der Waals surface area contributed by atoms with Gasteiger partial charge in [0.15, 0.2) is 5.82 Å². The van der Waals surface area contributed by atoms with Gasteiger partial charge in [-0.2, -0.15) is 4.98 Å². The summed E-state index contributed by atoms with van der Waals surface area (Å²) in [4.78, 5) is 14.8. The SMILES string of the molecule is Cc1nc(CNc2ccc(C(=O)O)cc2Br)no1. The van der Waals surface area contributed by atoms with Crippen molar-refractivity contribution in [1.29, 1.82) is 0 Å². The highest BCUT2D eigenvalue weighted by molar-refractivity contribution is 9.10. The molecule has 0 aliphatic heterocycles. The van der Waals surface area contributed by atoms with Crippen LogP contribution in [0.25, 0.3) is 0 Å². The van der Waals surface area contributed by atoms with E-state index in [1.165, 1.54) is 12.1 Å². The van der Waals surface area contributed by atoms with Crippen LogP contribution in [-0.2, 0) is 6.54 Å². The maximum atomic E-state index is 10.8.